The van der Waals surface area contributed by atoms with E-state index in [0.717, 1.165) is 15.9 Å². The lowest BCUT2D eigenvalue weighted by Gasteiger charge is -2.25. The maximum absolute atomic E-state index is 13.3. The normalized spacial score (nSPS) is 16.4. The summed E-state index contributed by atoms with van der Waals surface area (Å²) < 4.78 is 47.8. The molecule has 4 aromatic rings. The summed E-state index contributed by atoms with van der Waals surface area (Å²) in [4.78, 5) is 51.8. The molecule has 1 aliphatic heterocycles. The van der Waals surface area contributed by atoms with Gasteiger partial charge in [-0.2, -0.15) is 18.2 Å². The Labute approximate surface area is 226 Å². The molecule has 0 saturated heterocycles. The van der Waals surface area contributed by atoms with E-state index in [9.17, 15) is 27.6 Å². The van der Waals surface area contributed by atoms with E-state index < -0.39 is 35.4 Å². The predicted octanol–water partition coefficient (Wildman–Crippen LogP) is 2.11. The number of dihydropyridines is 1. The van der Waals surface area contributed by atoms with E-state index in [0.29, 0.717) is 16.4 Å². The first-order chi connectivity index (χ1) is 18.8. The predicted molar refractivity (Wildman–Crippen MR) is 138 cm³/mol. The molecule has 2 atom stereocenters. The van der Waals surface area contributed by atoms with E-state index in [4.69, 9.17) is 4.52 Å². The molecule has 1 amide bonds. The van der Waals surface area contributed by atoms with Gasteiger partial charge in [0.05, 0.1) is 6.33 Å². The van der Waals surface area contributed by atoms with Gasteiger partial charge in [0.25, 0.3) is 5.56 Å². The number of aromatic nitrogens is 7. The molecule has 17 heteroatoms. The number of carbonyl (C=O) groups is 1. The largest absolute Gasteiger partial charge is 0.412 e. The van der Waals surface area contributed by atoms with E-state index in [2.05, 4.69) is 30.7 Å². The van der Waals surface area contributed by atoms with Gasteiger partial charge in [-0.25, -0.2) is 19.3 Å². The molecule has 13 nitrogen and oxygen atoms in total. The highest BCUT2D eigenvalue weighted by Crippen LogP contribution is 2.32. The number of anilines is 1. The van der Waals surface area contributed by atoms with Gasteiger partial charge in [0.2, 0.25) is 11.8 Å². The van der Waals surface area contributed by atoms with Crippen LogP contribution in [0.4, 0.5) is 19.0 Å². The molecule has 0 spiro atoms. The highest BCUT2D eigenvalue weighted by molar-refractivity contribution is 7.11. The molecule has 0 fully saturated rings. The highest BCUT2D eigenvalue weighted by Gasteiger charge is 2.41. The number of carbonyl (C=O) groups excluding carboxylic acids is 1. The number of hydrogen-bond donors (Lipinski definition) is 2. The van der Waals surface area contributed by atoms with Crippen molar-refractivity contribution in [2.45, 2.75) is 45.6 Å². The van der Waals surface area contributed by atoms with E-state index in [1.807, 2.05) is 0 Å². The van der Waals surface area contributed by atoms with Crippen LogP contribution in [0.25, 0.3) is 16.7 Å². The van der Waals surface area contributed by atoms with Gasteiger partial charge in [0.15, 0.2) is 17.0 Å². The smallest absolute Gasteiger partial charge is 0.376 e. The number of nitrogens with zero attached hydrogens (tertiary/aromatic N) is 7. The standard InChI is InChI=1S/C23H22F3N9O4S/c1-10-5-13(6-27-17(10)23(24,25)26)20-31-14(8-40-20)30-19(36)11(2)35-9-28-18-16(35)21(37)34(22(38)33(18)4)7-15-29-12(3)32-39-15/h5-6,8-9,11,17,27H,7H2,1-4H3,(H,30,36)/t11-,17?/m0/s1. The van der Waals surface area contributed by atoms with Crippen LogP contribution >= 0.6 is 11.3 Å². The van der Waals surface area contributed by atoms with Crippen LogP contribution in [0.5, 0.6) is 0 Å². The molecule has 5 rings (SSSR count). The molecule has 210 valence electrons. The van der Waals surface area contributed by atoms with Crippen molar-refractivity contribution in [3.8, 4) is 0 Å². The summed E-state index contributed by atoms with van der Waals surface area (Å²) in [5.74, 6) is 0.0505. The Hall–Kier alpha value is -4.54. The lowest BCUT2D eigenvalue weighted by Crippen LogP contribution is -2.41. The zero-order valence-corrected chi connectivity index (χ0v) is 22.3. The molecule has 1 unspecified atom stereocenters. The zero-order valence-electron chi connectivity index (χ0n) is 21.5. The Kier molecular flexibility index (Phi) is 6.69. The van der Waals surface area contributed by atoms with Crippen molar-refractivity contribution in [2.24, 2.45) is 7.05 Å². The van der Waals surface area contributed by atoms with Crippen LogP contribution in [0.15, 0.2) is 43.7 Å². The number of hydrogen-bond acceptors (Lipinski definition) is 10. The molecule has 0 aromatic carbocycles. The number of rotatable bonds is 6. The molecule has 5 heterocycles. The van der Waals surface area contributed by atoms with Gasteiger partial charge in [-0.3, -0.25) is 14.2 Å². The number of thiazole rings is 1. The maximum atomic E-state index is 13.3. The minimum Gasteiger partial charge on any atom is -0.376 e. The van der Waals surface area contributed by atoms with Crippen molar-refractivity contribution in [1.82, 2.24) is 39.1 Å². The van der Waals surface area contributed by atoms with Gasteiger partial charge < -0.3 is 19.7 Å². The highest BCUT2D eigenvalue weighted by atomic mass is 32.1. The quantitative estimate of drug-likeness (QED) is 0.351. The van der Waals surface area contributed by atoms with E-state index in [1.165, 1.54) is 48.6 Å². The second-order valence-corrected chi connectivity index (χ2v) is 9.98. The Balaban J connectivity index is 1.39. The van der Waals surface area contributed by atoms with Crippen LogP contribution in [0.3, 0.4) is 0 Å². The fourth-order valence-electron chi connectivity index (χ4n) is 4.23. The van der Waals surface area contributed by atoms with Gasteiger partial charge in [-0.05, 0) is 32.4 Å². The molecular formula is C23H22F3N9O4S. The molecule has 4 aromatic heterocycles. The topological polar surface area (TPSA) is 155 Å². The summed E-state index contributed by atoms with van der Waals surface area (Å²) >= 11 is 1.14. The first kappa shape index (κ1) is 27.0. The average Bonchev–Trinajstić information content (AvgIpc) is 3.64. The van der Waals surface area contributed by atoms with Crippen LogP contribution < -0.4 is 21.9 Å². The number of halogens is 3. The van der Waals surface area contributed by atoms with Crippen molar-refractivity contribution in [2.75, 3.05) is 5.32 Å². The Morgan fingerprint density at radius 2 is 2.02 bits per heavy atom. The Morgan fingerprint density at radius 3 is 2.67 bits per heavy atom. The van der Waals surface area contributed by atoms with Crippen LogP contribution in [0, 0.1) is 6.92 Å². The zero-order chi connectivity index (χ0) is 28.9. The maximum Gasteiger partial charge on any atom is 0.412 e. The first-order valence-corrected chi connectivity index (χ1v) is 12.7. The lowest BCUT2D eigenvalue weighted by atomic mass is 10.0. The molecule has 2 N–H and O–H groups in total. The summed E-state index contributed by atoms with van der Waals surface area (Å²) in [7, 11) is 1.44. The molecule has 0 saturated carbocycles. The SMILES string of the molecule is CC1=CC(c2nc(NC(=O)[C@H](C)n3cnc4c3c(=O)n(Cc3nc(C)no3)c(=O)n4C)cs2)=CNC1C(F)(F)F. The number of fused-ring (bicyclic) bond motifs is 1. The van der Waals surface area contributed by atoms with Crippen molar-refractivity contribution in [3.05, 3.63) is 67.1 Å². The second-order valence-electron chi connectivity index (χ2n) is 9.12. The van der Waals surface area contributed by atoms with Crippen molar-refractivity contribution in [3.63, 3.8) is 0 Å². The number of amides is 1. The minimum atomic E-state index is -4.43. The fraction of sp³-hybridized carbons (Fsp3) is 0.348. The average molecular weight is 578 g/mol. The molecular weight excluding hydrogens is 555 g/mol. The Morgan fingerprint density at radius 1 is 1.27 bits per heavy atom. The monoisotopic (exact) mass is 577 g/mol. The minimum absolute atomic E-state index is 0.0122. The van der Waals surface area contributed by atoms with E-state index >= 15 is 0 Å². The lowest BCUT2D eigenvalue weighted by molar-refractivity contribution is -0.144. The number of nitrogens with one attached hydrogen (secondary N) is 2. The summed E-state index contributed by atoms with van der Waals surface area (Å²) in [5.41, 5.74) is -0.727. The van der Waals surface area contributed by atoms with E-state index in [-0.39, 0.29) is 35.0 Å². The van der Waals surface area contributed by atoms with Gasteiger partial charge in [0.1, 0.15) is 29.5 Å². The molecule has 0 aliphatic carbocycles. The number of aryl methyl sites for hydroxylation is 2. The van der Waals surface area contributed by atoms with Crippen LogP contribution in [-0.2, 0) is 18.4 Å². The molecule has 0 bridgehead atoms. The number of alkyl halides is 3. The molecule has 40 heavy (non-hydrogen) atoms. The molecule has 0 radical (unpaired) electrons. The summed E-state index contributed by atoms with van der Waals surface area (Å²) in [5, 5.41) is 10.6. The summed E-state index contributed by atoms with van der Waals surface area (Å²) in [6.45, 7) is 4.25. The molecule has 1 aliphatic rings. The van der Waals surface area contributed by atoms with Crippen LogP contribution in [-0.4, -0.2) is 51.9 Å². The first-order valence-electron chi connectivity index (χ1n) is 11.8. The third-order valence-electron chi connectivity index (χ3n) is 6.29. The second kappa shape index (κ2) is 9.89. The number of imidazole rings is 1. The van der Waals surface area contributed by atoms with Crippen LogP contribution in [0.2, 0.25) is 0 Å². The van der Waals surface area contributed by atoms with Crippen molar-refractivity contribution < 1.29 is 22.5 Å². The third kappa shape index (κ3) is 4.83. The third-order valence-corrected chi connectivity index (χ3v) is 7.18. The fourth-order valence-corrected chi connectivity index (χ4v) is 4.97. The Bertz CT molecular complexity index is 1810. The van der Waals surface area contributed by atoms with Gasteiger partial charge in [0, 0.05) is 24.2 Å². The van der Waals surface area contributed by atoms with Gasteiger partial charge in [-0.15, -0.1) is 11.3 Å². The van der Waals surface area contributed by atoms with Gasteiger partial charge in [-0.1, -0.05) is 5.16 Å². The van der Waals surface area contributed by atoms with E-state index in [1.54, 1.807) is 12.3 Å². The van der Waals surface area contributed by atoms with Crippen molar-refractivity contribution in [1.29, 1.82) is 0 Å². The van der Waals surface area contributed by atoms with Crippen LogP contribution in [0.1, 0.15) is 36.6 Å². The van der Waals surface area contributed by atoms with Crippen molar-refractivity contribution >= 4 is 39.8 Å². The van der Waals surface area contributed by atoms with Gasteiger partial charge >= 0.3 is 11.9 Å². The summed E-state index contributed by atoms with van der Waals surface area (Å²) in [6.07, 6.45) is -0.517. The number of allylic oxidation sites excluding steroid dienone is 2. The summed E-state index contributed by atoms with van der Waals surface area (Å²) in [6, 6.07) is -2.73.